The maximum Gasteiger partial charge on any atom is 0.237 e. The van der Waals surface area contributed by atoms with E-state index in [1.54, 1.807) is 4.90 Å². The van der Waals surface area contributed by atoms with Crippen LogP contribution >= 0.6 is 0 Å². The lowest BCUT2D eigenvalue weighted by atomic mass is 9.74. The fourth-order valence-corrected chi connectivity index (χ4v) is 3.61. The second-order valence-electron chi connectivity index (χ2n) is 5.59. The number of amides is 1. The van der Waals surface area contributed by atoms with Crippen molar-refractivity contribution in [1.29, 1.82) is 0 Å². The van der Waals surface area contributed by atoms with Crippen molar-refractivity contribution in [2.24, 2.45) is 0 Å². The number of pyridine rings is 1. The molecule has 20 heavy (non-hydrogen) atoms. The van der Waals surface area contributed by atoms with E-state index in [-0.39, 0.29) is 5.91 Å². The molecular weight excluding hydrogens is 252 g/mol. The van der Waals surface area contributed by atoms with Crippen LogP contribution in [-0.2, 0) is 14.9 Å². The van der Waals surface area contributed by atoms with E-state index in [1.165, 1.54) is 0 Å². The summed E-state index contributed by atoms with van der Waals surface area (Å²) in [5.41, 5.74) is 2.65. The molecule has 0 saturated carbocycles. The van der Waals surface area contributed by atoms with Gasteiger partial charge < -0.3 is 9.64 Å². The number of likely N-dealkylation sites (N-methyl/N-ethyl adjacent to an activating group) is 1. The summed E-state index contributed by atoms with van der Waals surface area (Å²) in [4.78, 5) is 19.1. The average Bonchev–Trinajstić information content (AvgIpc) is 2.71. The number of hydrogen-bond acceptors (Lipinski definition) is 3. The molecule has 1 saturated heterocycles. The monoisotopic (exact) mass is 268 g/mol. The molecule has 4 nitrogen and oxygen atoms in total. The zero-order valence-electron chi connectivity index (χ0n) is 11.4. The number of ether oxygens (including phenoxy) is 1. The average molecular weight is 268 g/mol. The number of nitrogens with zero attached hydrogens (tertiary/aromatic N) is 2. The molecule has 4 heteroatoms. The van der Waals surface area contributed by atoms with Crippen LogP contribution < -0.4 is 4.90 Å². The molecule has 2 aliphatic rings. The first-order valence-electron chi connectivity index (χ1n) is 6.98. The van der Waals surface area contributed by atoms with E-state index in [0.29, 0.717) is 13.2 Å². The lowest BCUT2D eigenvalue weighted by molar-refractivity contribution is -0.126. The van der Waals surface area contributed by atoms with Gasteiger partial charge in [0.05, 0.1) is 22.8 Å². The van der Waals surface area contributed by atoms with E-state index in [0.717, 1.165) is 35.0 Å². The Morgan fingerprint density at radius 3 is 2.80 bits per heavy atom. The normalized spacial score (nSPS) is 20.6. The lowest BCUT2D eigenvalue weighted by Crippen LogP contribution is -2.43. The van der Waals surface area contributed by atoms with Gasteiger partial charge in [-0.15, -0.1) is 0 Å². The highest BCUT2D eigenvalue weighted by atomic mass is 16.5. The second kappa shape index (κ2) is 4.03. The van der Waals surface area contributed by atoms with E-state index in [9.17, 15) is 4.79 Å². The third-order valence-electron chi connectivity index (χ3n) is 4.66. The summed E-state index contributed by atoms with van der Waals surface area (Å²) >= 11 is 0. The van der Waals surface area contributed by atoms with Crippen LogP contribution in [0.2, 0.25) is 0 Å². The Labute approximate surface area is 117 Å². The topological polar surface area (TPSA) is 42.4 Å². The van der Waals surface area contributed by atoms with E-state index < -0.39 is 5.41 Å². The molecule has 4 rings (SSSR count). The van der Waals surface area contributed by atoms with Gasteiger partial charge in [0.15, 0.2) is 0 Å². The van der Waals surface area contributed by atoms with Gasteiger partial charge in [0, 0.05) is 31.2 Å². The molecule has 3 heterocycles. The van der Waals surface area contributed by atoms with Gasteiger partial charge in [-0.2, -0.15) is 0 Å². The van der Waals surface area contributed by atoms with Gasteiger partial charge in [-0.3, -0.25) is 9.78 Å². The minimum atomic E-state index is -0.412. The van der Waals surface area contributed by atoms with Gasteiger partial charge >= 0.3 is 0 Å². The molecule has 0 N–H and O–H groups in total. The number of anilines is 1. The number of hydrogen-bond donors (Lipinski definition) is 0. The van der Waals surface area contributed by atoms with Crippen molar-refractivity contribution in [3.05, 3.63) is 36.0 Å². The molecular formula is C16H16N2O2. The number of para-hydroxylation sites is 1. The Kier molecular flexibility index (Phi) is 2.39. The Morgan fingerprint density at radius 1 is 1.25 bits per heavy atom. The molecule has 0 bridgehead atoms. The van der Waals surface area contributed by atoms with Crippen LogP contribution in [0.15, 0.2) is 30.5 Å². The van der Waals surface area contributed by atoms with Crippen molar-refractivity contribution in [1.82, 2.24) is 4.98 Å². The van der Waals surface area contributed by atoms with Gasteiger partial charge in [0.1, 0.15) is 0 Å². The Hall–Kier alpha value is -1.94. The predicted octanol–water partition coefficient (Wildman–Crippen LogP) is 2.26. The third kappa shape index (κ3) is 1.34. The summed E-state index contributed by atoms with van der Waals surface area (Å²) in [6, 6.07) is 8.08. The maximum atomic E-state index is 12.8. The van der Waals surface area contributed by atoms with Crippen molar-refractivity contribution in [3.63, 3.8) is 0 Å². The highest BCUT2D eigenvalue weighted by Gasteiger charge is 2.51. The second-order valence-corrected chi connectivity index (χ2v) is 5.59. The van der Waals surface area contributed by atoms with Gasteiger partial charge in [-0.25, -0.2) is 0 Å². The van der Waals surface area contributed by atoms with Crippen molar-refractivity contribution < 1.29 is 9.53 Å². The molecule has 102 valence electrons. The van der Waals surface area contributed by atoms with E-state index in [4.69, 9.17) is 4.74 Å². The summed E-state index contributed by atoms with van der Waals surface area (Å²) < 4.78 is 5.48. The largest absolute Gasteiger partial charge is 0.381 e. The van der Waals surface area contributed by atoms with E-state index in [2.05, 4.69) is 11.1 Å². The van der Waals surface area contributed by atoms with E-state index >= 15 is 0 Å². The standard InChI is InChI=1S/C16H16N2O2/c1-18-13-10-17-12-5-3-2-4-11(12)14(13)16(15(18)19)6-8-20-9-7-16/h2-5,10H,6-9H2,1H3. The minimum Gasteiger partial charge on any atom is -0.381 e. The summed E-state index contributed by atoms with van der Waals surface area (Å²) in [5, 5.41) is 1.10. The highest BCUT2D eigenvalue weighted by Crippen LogP contribution is 2.49. The van der Waals surface area contributed by atoms with Crippen LogP contribution in [0.25, 0.3) is 10.9 Å². The molecule has 0 atom stereocenters. The molecule has 1 fully saturated rings. The highest BCUT2D eigenvalue weighted by molar-refractivity contribution is 6.12. The number of fused-ring (bicyclic) bond motifs is 4. The molecule has 0 radical (unpaired) electrons. The third-order valence-corrected chi connectivity index (χ3v) is 4.66. The van der Waals surface area contributed by atoms with Crippen LogP contribution in [0, 0.1) is 0 Å². The first-order chi connectivity index (χ1) is 9.74. The molecule has 0 aliphatic carbocycles. The fraction of sp³-hybridized carbons (Fsp3) is 0.375. The summed E-state index contributed by atoms with van der Waals surface area (Å²) in [5.74, 6) is 0.189. The first-order valence-corrected chi connectivity index (χ1v) is 6.98. The molecule has 1 amide bonds. The molecule has 2 aromatic rings. The molecule has 1 spiro atoms. The number of rotatable bonds is 0. The van der Waals surface area contributed by atoms with Crippen LogP contribution in [-0.4, -0.2) is 31.2 Å². The maximum absolute atomic E-state index is 12.8. The minimum absolute atomic E-state index is 0.189. The van der Waals surface area contributed by atoms with Crippen molar-refractivity contribution in [2.75, 3.05) is 25.2 Å². The van der Waals surface area contributed by atoms with Crippen molar-refractivity contribution in [2.45, 2.75) is 18.3 Å². The zero-order valence-corrected chi connectivity index (χ0v) is 11.4. The number of aromatic nitrogens is 1. The van der Waals surface area contributed by atoms with Crippen LogP contribution in [0.5, 0.6) is 0 Å². The summed E-state index contributed by atoms with van der Waals surface area (Å²) in [6.45, 7) is 1.30. The zero-order chi connectivity index (χ0) is 13.7. The molecule has 0 unspecified atom stereocenters. The van der Waals surface area contributed by atoms with E-state index in [1.807, 2.05) is 31.4 Å². The molecule has 2 aliphatic heterocycles. The smallest absolute Gasteiger partial charge is 0.237 e. The molecule has 1 aromatic heterocycles. The SMILES string of the molecule is CN1C(=O)C2(CCOCC2)c2c1cnc1ccccc21. The Balaban J connectivity index is 2.06. The number of benzene rings is 1. The number of carbonyl (C=O) groups excluding carboxylic acids is 1. The molecule has 1 aromatic carbocycles. The van der Waals surface area contributed by atoms with Gasteiger partial charge in [0.2, 0.25) is 5.91 Å². The predicted molar refractivity (Wildman–Crippen MR) is 76.9 cm³/mol. The van der Waals surface area contributed by atoms with Crippen LogP contribution in [0.4, 0.5) is 5.69 Å². The van der Waals surface area contributed by atoms with Gasteiger partial charge in [-0.05, 0) is 18.9 Å². The van der Waals surface area contributed by atoms with Crippen LogP contribution in [0.3, 0.4) is 0 Å². The fourth-order valence-electron chi connectivity index (χ4n) is 3.61. The van der Waals surface area contributed by atoms with Crippen molar-refractivity contribution >= 4 is 22.5 Å². The van der Waals surface area contributed by atoms with Crippen LogP contribution in [0.1, 0.15) is 18.4 Å². The quantitative estimate of drug-likeness (QED) is 0.736. The summed E-state index contributed by atoms with van der Waals surface area (Å²) in [6.07, 6.45) is 3.36. The summed E-state index contributed by atoms with van der Waals surface area (Å²) in [7, 11) is 1.85. The lowest BCUT2D eigenvalue weighted by Gasteiger charge is -2.32. The first kappa shape index (κ1) is 11.9. The Morgan fingerprint density at radius 2 is 2.00 bits per heavy atom. The number of carbonyl (C=O) groups is 1. The Bertz CT molecular complexity index is 705. The van der Waals surface area contributed by atoms with Gasteiger partial charge in [-0.1, -0.05) is 18.2 Å². The van der Waals surface area contributed by atoms with Crippen molar-refractivity contribution in [3.8, 4) is 0 Å². The van der Waals surface area contributed by atoms with Gasteiger partial charge in [0.25, 0.3) is 0 Å².